The van der Waals surface area contributed by atoms with E-state index in [0.29, 0.717) is 12.3 Å². The molecule has 1 atom stereocenters. The zero-order chi connectivity index (χ0) is 13.0. The Kier molecular flexibility index (Phi) is 4.20. The van der Waals surface area contributed by atoms with Gasteiger partial charge in [0.15, 0.2) is 0 Å². The predicted molar refractivity (Wildman–Crippen MR) is 70.9 cm³/mol. The lowest BCUT2D eigenvalue weighted by Gasteiger charge is -2.12. The third-order valence-corrected chi connectivity index (χ3v) is 3.20. The fraction of sp³-hybridized carbons (Fsp3) is 0.500. The van der Waals surface area contributed by atoms with Crippen LogP contribution in [-0.2, 0) is 4.79 Å². The lowest BCUT2D eigenvalue weighted by molar-refractivity contribution is -0.128. The van der Waals surface area contributed by atoms with Crippen molar-refractivity contribution in [3.8, 4) is 5.75 Å². The molecular weight excluding hydrogens is 228 g/mol. The quantitative estimate of drug-likeness (QED) is 0.797. The van der Waals surface area contributed by atoms with Crippen molar-refractivity contribution in [1.82, 2.24) is 10.2 Å². The van der Waals surface area contributed by atoms with Crippen LogP contribution in [0.25, 0.3) is 0 Å². The summed E-state index contributed by atoms with van der Waals surface area (Å²) in [6.45, 7) is 2.31. The summed E-state index contributed by atoms with van der Waals surface area (Å²) < 4.78 is 5.61. The van der Waals surface area contributed by atoms with Crippen molar-refractivity contribution < 1.29 is 9.53 Å². The van der Waals surface area contributed by atoms with Gasteiger partial charge in [0, 0.05) is 45.1 Å². The Morgan fingerprint density at radius 1 is 1.44 bits per heavy atom. The van der Waals surface area contributed by atoms with Crippen LogP contribution in [0.15, 0.2) is 24.3 Å². The highest BCUT2D eigenvalue weighted by molar-refractivity contribution is 5.75. The Labute approximate surface area is 108 Å². The summed E-state index contributed by atoms with van der Waals surface area (Å²) in [7, 11) is 3.56. The molecule has 0 radical (unpaired) electrons. The molecule has 0 saturated carbocycles. The molecule has 1 heterocycles. The second kappa shape index (κ2) is 5.87. The van der Waals surface area contributed by atoms with Crippen molar-refractivity contribution in [1.29, 1.82) is 0 Å². The second-order valence-electron chi connectivity index (χ2n) is 4.79. The van der Waals surface area contributed by atoms with Gasteiger partial charge in [-0.2, -0.15) is 0 Å². The standard InChI is InChI=1S/C14H20N2O2/c1-16(2)14(17)7-8-15-9-11-10-18-13-6-4-3-5-12(11)13/h3-6,11,15H,7-10H2,1-2H3. The van der Waals surface area contributed by atoms with Crippen LogP contribution in [-0.4, -0.2) is 44.6 Å². The molecule has 1 unspecified atom stereocenters. The van der Waals surface area contributed by atoms with Gasteiger partial charge in [0.1, 0.15) is 5.75 Å². The number of hydrogen-bond acceptors (Lipinski definition) is 3. The molecule has 1 N–H and O–H groups in total. The number of hydrogen-bond donors (Lipinski definition) is 1. The van der Waals surface area contributed by atoms with Crippen LogP contribution in [0, 0.1) is 0 Å². The minimum atomic E-state index is 0.158. The average Bonchev–Trinajstić information content (AvgIpc) is 2.77. The highest BCUT2D eigenvalue weighted by atomic mass is 16.5. The largest absolute Gasteiger partial charge is 0.493 e. The maximum Gasteiger partial charge on any atom is 0.223 e. The van der Waals surface area contributed by atoms with Crippen molar-refractivity contribution >= 4 is 5.91 Å². The molecule has 0 fully saturated rings. The summed E-state index contributed by atoms with van der Waals surface area (Å²) in [6.07, 6.45) is 0.544. The molecule has 1 amide bonds. The summed E-state index contributed by atoms with van der Waals surface area (Å²) in [5, 5.41) is 3.33. The SMILES string of the molecule is CN(C)C(=O)CCNCC1COc2ccccc21. The first kappa shape index (κ1) is 12.9. The zero-order valence-electron chi connectivity index (χ0n) is 11.0. The molecule has 1 aliphatic heterocycles. The van der Waals surface area contributed by atoms with Gasteiger partial charge in [0.2, 0.25) is 5.91 Å². The number of nitrogens with one attached hydrogen (secondary N) is 1. The normalized spacial score (nSPS) is 17.1. The number of carbonyl (C=O) groups is 1. The number of rotatable bonds is 5. The van der Waals surface area contributed by atoms with E-state index in [1.165, 1.54) is 5.56 Å². The van der Waals surface area contributed by atoms with E-state index in [1.54, 1.807) is 19.0 Å². The van der Waals surface area contributed by atoms with Gasteiger partial charge in [-0.3, -0.25) is 4.79 Å². The van der Waals surface area contributed by atoms with E-state index < -0.39 is 0 Å². The molecule has 0 saturated heterocycles. The number of fused-ring (bicyclic) bond motifs is 1. The summed E-state index contributed by atoms with van der Waals surface area (Å²) in [5.41, 5.74) is 1.27. The van der Waals surface area contributed by atoms with E-state index in [9.17, 15) is 4.79 Å². The highest BCUT2D eigenvalue weighted by Crippen LogP contribution is 2.32. The van der Waals surface area contributed by atoms with Gasteiger partial charge in [-0.1, -0.05) is 18.2 Å². The van der Waals surface area contributed by atoms with Gasteiger partial charge in [0.05, 0.1) is 6.61 Å². The molecule has 0 spiro atoms. The minimum absolute atomic E-state index is 0.158. The van der Waals surface area contributed by atoms with Crippen molar-refractivity contribution in [2.75, 3.05) is 33.8 Å². The van der Waals surface area contributed by atoms with E-state index in [4.69, 9.17) is 4.74 Å². The third-order valence-electron chi connectivity index (χ3n) is 3.20. The number of benzene rings is 1. The molecule has 1 aromatic carbocycles. The highest BCUT2D eigenvalue weighted by Gasteiger charge is 2.22. The first-order chi connectivity index (χ1) is 8.68. The second-order valence-corrected chi connectivity index (χ2v) is 4.79. The van der Waals surface area contributed by atoms with Crippen molar-refractivity contribution in [2.45, 2.75) is 12.3 Å². The van der Waals surface area contributed by atoms with Gasteiger partial charge in [-0.25, -0.2) is 0 Å². The van der Waals surface area contributed by atoms with Crippen molar-refractivity contribution in [3.05, 3.63) is 29.8 Å². The fourth-order valence-corrected chi connectivity index (χ4v) is 2.09. The van der Waals surface area contributed by atoms with Crippen LogP contribution in [0.4, 0.5) is 0 Å². The minimum Gasteiger partial charge on any atom is -0.493 e. The molecule has 1 aliphatic rings. The predicted octanol–water partition coefficient (Wildman–Crippen LogP) is 1.23. The number of para-hydroxylation sites is 1. The summed E-state index contributed by atoms with van der Waals surface area (Å²) in [4.78, 5) is 13.0. The number of amides is 1. The average molecular weight is 248 g/mol. The smallest absolute Gasteiger partial charge is 0.223 e. The Morgan fingerprint density at radius 3 is 3.00 bits per heavy atom. The Hall–Kier alpha value is -1.55. The van der Waals surface area contributed by atoms with Crippen molar-refractivity contribution in [3.63, 3.8) is 0 Å². The van der Waals surface area contributed by atoms with Gasteiger partial charge in [0.25, 0.3) is 0 Å². The number of nitrogens with zero attached hydrogens (tertiary/aromatic N) is 1. The van der Waals surface area contributed by atoms with Crippen LogP contribution >= 0.6 is 0 Å². The fourth-order valence-electron chi connectivity index (χ4n) is 2.09. The number of ether oxygens (including phenoxy) is 1. The molecule has 4 nitrogen and oxygen atoms in total. The van der Waals surface area contributed by atoms with Crippen LogP contribution in [0.1, 0.15) is 17.9 Å². The van der Waals surface area contributed by atoms with Crippen LogP contribution in [0.5, 0.6) is 5.75 Å². The van der Waals surface area contributed by atoms with Gasteiger partial charge >= 0.3 is 0 Å². The molecular formula is C14H20N2O2. The maximum absolute atomic E-state index is 11.4. The summed E-state index contributed by atoms with van der Waals surface area (Å²) in [6, 6.07) is 8.14. The van der Waals surface area contributed by atoms with E-state index in [-0.39, 0.29) is 5.91 Å². The molecule has 1 aromatic rings. The van der Waals surface area contributed by atoms with E-state index in [1.807, 2.05) is 18.2 Å². The first-order valence-electron chi connectivity index (χ1n) is 6.31. The molecule has 4 heteroatoms. The van der Waals surface area contributed by atoms with Crippen LogP contribution < -0.4 is 10.1 Å². The van der Waals surface area contributed by atoms with E-state index in [0.717, 1.165) is 25.4 Å². The van der Waals surface area contributed by atoms with Crippen LogP contribution in [0.2, 0.25) is 0 Å². The van der Waals surface area contributed by atoms with Crippen molar-refractivity contribution in [2.24, 2.45) is 0 Å². The number of carbonyl (C=O) groups excluding carboxylic acids is 1. The Morgan fingerprint density at radius 2 is 2.22 bits per heavy atom. The maximum atomic E-state index is 11.4. The van der Waals surface area contributed by atoms with Crippen LogP contribution in [0.3, 0.4) is 0 Å². The lowest BCUT2D eigenvalue weighted by atomic mass is 10.0. The van der Waals surface area contributed by atoms with E-state index >= 15 is 0 Å². The van der Waals surface area contributed by atoms with Gasteiger partial charge < -0.3 is 15.0 Å². The summed E-state index contributed by atoms with van der Waals surface area (Å²) in [5.74, 6) is 1.55. The first-order valence-corrected chi connectivity index (χ1v) is 6.31. The lowest BCUT2D eigenvalue weighted by Crippen LogP contribution is -2.29. The molecule has 0 bridgehead atoms. The van der Waals surface area contributed by atoms with E-state index in [2.05, 4.69) is 11.4 Å². The Bertz CT molecular complexity index is 418. The molecule has 0 aliphatic carbocycles. The monoisotopic (exact) mass is 248 g/mol. The zero-order valence-corrected chi connectivity index (χ0v) is 11.0. The molecule has 98 valence electrons. The Balaban J connectivity index is 1.74. The molecule has 18 heavy (non-hydrogen) atoms. The summed E-state index contributed by atoms with van der Waals surface area (Å²) >= 11 is 0. The third kappa shape index (κ3) is 3.01. The molecule has 2 rings (SSSR count). The molecule has 0 aromatic heterocycles. The van der Waals surface area contributed by atoms with Gasteiger partial charge in [-0.15, -0.1) is 0 Å². The topological polar surface area (TPSA) is 41.6 Å². The van der Waals surface area contributed by atoms with Gasteiger partial charge in [-0.05, 0) is 6.07 Å².